The lowest BCUT2D eigenvalue weighted by Gasteiger charge is -2.10. The van der Waals surface area contributed by atoms with Crippen LogP contribution in [-0.2, 0) is 16.6 Å². The zero-order valence-corrected chi connectivity index (χ0v) is 15.4. The molecule has 0 radical (unpaired) electrons. The Morgan fingerprint density at radius 3 is 2.22 bits per heavy atom. The third-order valence-corrected chi connectivity index (χ3v) is 5.20. The van der Waals surface area contributed by atoms with Crippen LogP contribution >= 0.6 is 0 Å². The van der Waals surface area contributed by atoms with Crippen molar-refractivity contribution in [3.05, 3.63) is 84.2 Å². The summed E-state index contributed by atoms with van der Waals surface area (Å²) in [5.74, 6) is 1.26. The van der Waals surface area contributed by atoms with Crippen molar-refractivity contribution in [2.24, 2.45) is 0 Å². The third-order valence-electron chi connectivity index (χ3n) is 3.78. The summed E-state index contributed by atoms with van der Waals surface area (Å²) in [6.07, 6.45) is 0. The monoisotopic (exact) mass is 387 g/mol. The highest BCUT2D eigenvalue weighted by Gasteiger charge is 2.13. The Morgan fingerprint density at radius 2 is 1.56 bits per heavy atom. The van der Waals surface area contributed by atoms with E-state index in [2.05, 4.69) is 4.72 Å². The lowest BCUT2D eigenvalue weighted by molar-refractivity contribution is 0.414. The summed E-state index contributed by atoms with van der Waals surface area (Å²) >= 11 is 0. The summed E-state index contributed by atoms with van der Waals surface area (Å²) in [6.45, 7) is 0.106. The molecular weight excluding hydrogens is 369 g/mol. The summed E-state index contributed by atoms with van der Waals surface area (Å²) in [5, 5.41) is 0. The summed E-state index contributed by atoms with van der Waals surface area (Å²) in [5.41, 5.74) is 0.728. The van der Waals surface area contributed by atoms with Crippen LogP contribution in [0.4, 0.5) is 4.39 Å². The van der Waals surface area contributed by atoms with Crippen LogP contribution in [0.15, 0.2) is 77.7 Å². The molecule has 140 valence electrons. The molecule has 27 heavy (non-hydrogen) atoms. The van der Waals surface area contributed by atoms with Crippen LogP contribution < -0.4 is 14.2 Å². The molecule has 0 aliphatic rings. The number of ether oxygens (including phenoxy) is 2. The lowest BCUT2D eigenvalue weighted by atomic mass is 10.2. The lowest BCUT2D eigenvalue weighted by Crippen LogP contribution is -2.23. The highest BCUT2D eigenvalue weighted by molar-refractivity contribution is 7.89. The molecule has 0 saturated heterocycles. The quantitative estimate of drug-likeness (QED) is 0.663. The molecule has 5 nitrogen and oxygen atoms in total. The normalized spacial score (nSPS) is 11.2. The van der Waals surface area contributed by atoms with Crippen molar-refractivity contribution in [3.8, 4) is 17.2 Å². The highest BCUT2D eigenvalue weighted by atomic mass is 32.2. The maximum absolute atomic E-state index is 13.0. The average molecular weight is 387 g/mol. The summed E-state index contributed by atoms with van der Waals surface area (Å²) in [7, 11) is -2.13. The van der Waals surface area contributed by atoms with E-state index in [1.54, 1.807) is 36.4 Å². The van der Waals surface area contributed by atoms with Gasteiger partial charge < -0.3 is 9.47 Å². The maximum Gasteiger partial charge on any atom is 0.240 e. The van der Waals surface area contributed by atoms with Gasteiger partial charge in [0.15, 0.2) is 0 Å². The zero-order valence-electron chi connectivity index (χ0n) is 14.6. The second-order valence-corrected chi connectivity index (χ2v) is 7.47. The summed E-state index contributed by atoms with van der Waals surface area (Å²) in [4.78, 5) is 0.155. The van der Waals surface area contributed by atoms with Crippen LogP contribution in [0.3, 0.4) is 0 Å². The summed E-state index contributed by atoms with van der Waals surface area (Å²) in [6, 6.07) is 18.8. The van der Waals surface area contributed by atoms with Gasteiger partial charge in [-0.15, -0.1) is 0 Å². The van der Waals surface area contributed by atoms with Crippen molar-refractivity contribution in [2.75, 3.05) is 7.11 Å². The van der Waals surface area contributed by atoms with Crippen LogP contribution in [0, 0.1) is 5.82 Å². The number of benzene rings is 3. The second-order valence-electron chi connectivity index (χ2n) is 5.70. The number of sulfonamides is 1. The van der Waals surface area contributed by atoms with Gasteiger partial charge in [0.25, 0.3) is 0 Å². The first-order valence-corrected chi connectivity index (χ1v) is 9.61. The molecule has 0 spiro atoms. The fourth-order valence-electron chi connectivity index (χ4n) is 2.37. The first kappa shape index (κ1) is 18.9. The molecule has 0 saturated carbocycles. The van der Waals surface area contributed by atoms with Crippen molar-refractivity contribution in [3.63, 3.8) is 0 Å². The number of methoxy groups -OCH3 is 1. The van der Waals surface area contributed by atoms with Crippen molar-refractivity contribution in [2.45, 2.75) is 11.4 Å². The molecule has 0 amide bonds. The minimum atomic E-state index is -3.65. The first-order chi connectivity index (χ1) is 13.0. The zero-order chi connectivity index (χ0) is 19.3. The molecule has 0 aliphatic carbocycles. The minimum absolute atomic E-state index is 0.106. The third kappa shape index (κ3) is 5.06. The summed E-state index contributed by atoms with van der Waals surface area (Å²) < 4.78 is 51.0. The van der Waals surface area contributed by atoms with Gasteiger partial charge in [0.05, 0.1) is 12.0 Å². The van der Waals surface area contributed by atoms with Gasteiger partial charge in [-0.05, 0) is 66.2 Å². The molecule has 0 fully saturated rings. The number of rotatable bonds is 7. The van der Waals surface area contributed by atoms with E-state index in [1.807, 2.05) is 0 Å². The van der Waals surface area contributed by atoms with Gasteiger partial charge in [0.1, 0.15) is 23.1 Å². The average Bonchev–Trinajstić information content (AvgIpc) is 2.69. The van der Waals surface area contributed by atoms with Gasteiger partial charge in [-0.1, -0.05) is 12.1 Å². The molecule has 0 aromatic heterocycles. The molecule has 3 rings (SSSR count). The molecule has 1 N–H and O–H groups in total. The van der Waals surface area contributed by atoms with Gasteiger partial charge in [0, 0.05) is 6.54 Å². The SMILES string of the molecule is COc1ccc(S(=O)(=O)NCc2cccc(Oc3ccc(F)cc3)c2)cc1. The van der Waals surface area contributed by atoms with E-state index in [1.165, 1.54) is 43.5 Å². The molecule has 3 aromatic rings. The van der Waals surface area contributed by atoms with Crippen molar-refractivity contribution in [1.29, 1.82) is 0 Å². The van der Waals surface area contributed by atoms with E-state index in [0.717, 1.165) is 5.56 Å². The molecular formula is C20H18FNO4S. The van der Waals surface area contributed by atoms with Gasteiger partial charge in [-0.2, -0.15) is 0 Å². The highest BCUT2D eigenvalue weighted by Crippen LogP contribution is 2.23. The van der Waals surface area contributed by atoms with Gasteiger partial charge >= 0.3 is 0 Å². The Kier molecular flexibility index (Phi) is 5.73. The number of halogens is 1. The predicted octanol–water partition coefficient (Wildman–Crippen LogP) is 4.11. The Morgan fingerprint density at radius 1 is 0.889 bits per heavy atom. The van der Waals surface area contributed by atoms with E-state index < -0.39 is 10.0 Å². The number of nitrogens with one attached hydrogen (secondary N) is 1. The molecule has 7 heteroatoms. The van der Waals surface area contributed by atoms with Crippen LogP contribution in [-0.4, -0.2) is 15.5 Å². The van der Waals surface area contributed by atoms with Crippen LogP contribution in [0.2, 0.25) is 0 Å². The Labute approximate surface area is 157 Å². The molecule has 0 heterocycles. The standard InChI is InChI=1S/C20H18FNO4S/c1-25-17-9-11-20(12-10-17)27(23,24)22-14-15-3-2-4-19(13-15)26-18-7-5-16(21)6-8-18/h2-13,22H,14H2,1H3. The van der Waals surface area contributed by atoms with Crippen molar-refractivity contribution >= 4 is 10.0 Å². The minimum Gasteiger partial charge on any atom is -0.497 e. The Hall–Kier alpha value is -2.90. The Bertz CT molecular complexity index is 1000. The topological polar surface area (TPSA) is 64.6 Å². The largest absolute Gasteiger partial charge is 0.497 e. The maximum atomic E-state index is 13.0. The van der Waals surface area contributed by atoms with Crippen molar-refractivity contribution in [1.82, 2.24) is 4.72 Å². The molecule has 3 aromatic carbocycles. The fraction of sp³-hybridized carbons (Fsp3) is 0.100. The molecule has 0 bridgehead atoms. The molecule has 0 unspecified atom stereocenters. The molecule has 0 aliphatic heterocycles. The van der Waals surface area contributed by atoms with E-state index in [-0.39, 0.29) is 17.3 Å². The Balaban J connectivity index is 1.67. The van der Waals surface area contributed by atoms with Crippen molar-refractivity contribution < 1.29 is 22.3 Å². The van der Waals surface area contributed by atoms with Gasteiger partial charge in [-0.25, -0.2) is 17.5 Å². The predicted molar refractivity (Wildman–Crippen MR) is 99.9 cm³/mol. The van der Waals surface area contributed by atoms with Gasteiger partial charge in [-0.3, -0.25) is 0 Å². The fourth-order valence-corrected chi connectivity index (χ4v) is 3.39. The number of hydrogen-bond donors (Lipinski definition) is 1. The van der Waals surface area contributed by atoms with E-state index >= 15 is 0 Å². The van der Waals surface area contributed by atoms with E-state index in [9.17, 15) is 12.8 Å². The number of hydrogen-bond acceptors (Lipinski definition) is 4. The smallest absolute Gasteiger partial charge is 0.240 e. The van der Waals surface area contributed by atoms with Crippen LogP contribution in [0.5, 0.6) is 17.2 Å². The van der Waals surface area contributed by atoms with Crippen LogP contribution in [0.1, 0.15) is 5.56 Å². The first-order valence-electron chi connectivity index (χ1n) is 8.12. The van der Waals surface area contributed by atoms with E-state index in [4.69, 9.17) is 9.47 Å². The second kappa shape index (κ2) is 8.20. The van der Waals surface area contributed by atoms with Gasteiger partial charge in [0.2, 0.25) is 10.0 Å². The molecule has 0 atom stereocenters. The van der Waals surface area contributed by atoms with Crippen LogP contribution in [0.25, 0.3) is 0 Å². The van der Waals surface area contributed by atoms with E-state index in [0.29, 0.717) is 17.2 Å².